The van der Waals surface area contributed by atoms with Crippen molar-refractivity contribution in [1.29, 1.82) is 0 Å². The number of benzene rings is 1. The number of hydrogen-bond acceptors (Lipinski definition) is 5. The molecule has 112 valence electrons. The second-order valence-corrected chi connectivity index (χ2v) is 4.66. The molecule has 21 heavy (non-hydrogen) atoms. The first-order valence-corrected chi connectivity index (χ1v) is 6.45. The van der Waals surface area contributed by atoms with Crippen LogP contribution in [0.3, 0.4) is 0 Å². The molecular formula is C11H8F3N3O3S. The van der Waals surface area contributed by atoms with Gasteiger partial charge in [-0.1, -0.05) is 11.8 Å². The number of carboxylic acid groups (broad SMARTS) is 1. The second-order valence-electron chi connectivity index (χ2n) is 3.72. The molecule has 1 aromatic heterocycles. The normalized spacial score (nSPS) is 11.4. The number of aromatic amines is 1. The van der Waals surface area contributed by atoms with Crippen LogP contribution in [0.15, 0.2) is 29.4 Å². The van der Waals surface area contributed by atoms with Crippen LogP contribution >= 0.6 is 11.8 Å². The molecule has 0 aliphatic heterocycles. The molecular weight excluding hydrogens is 311 g/mol. The van der Waals surface area contributed by atoms with Gasteiger partial charge in [0.2, 0.25) is 5.16 Å². The number of hydrogen-bond donors (Lipinski definition) is 2. The Morgan fingerprint density at radius 1 is 1.33 bits per heavy atom. The van der Waals surface area contributed by atoms with Gasteiger partial charge in [0.1, 0.15) is 5.75 Å². The van der Waals surface area contributed by atoms with Crippen molar-refractivity contribution in [2.75, 3.05) is 5.75 Å². The van der Waals surface area contributed by atoms with Crippen LogP contribution in [0.4, 0.5) is 13.2 Å². The summed E-state index contributed by atoms with van der Waals surface area (Å²) >= 11 is 0.929. The van der Waals surface area contributed by atoms with E-state index in [0.29, 0.717) is 11.4 Å². The maximum atomic E-state index is 12.0. The van der Waals surface area contributed by atoms with Crippen LogP contribution in [-0.4, -0.2) is 38.4 Å². The number of H-pyrrole nitrogens is 1. The van der Waals surface area contributed by atoms with Crippen molar-refractivity contribution in [3.63, 3.8) is 0 Å². The average Bonchev–Trinajstić information content (AvgIpc) is 2.84. The highest BCUT2D eigenvalue weighted by atomic mass is 32.2. The molecule has 0 radical (unpaired) electrons. The third-order valence-corrected chi connectivity index (χ3v) is 2.98. The van der Waals surface area contributed by atoms with Crippen LogP contribution in [0, 0.1) is 0 Å². The van der Waals surface area contributed by atoms with Crippen LogP contribution in [-0.2, 0) is 4.79 Å². The predicted octanol–water partition coefficient (Wildman–Crippen LogP) is 2.55. The summed E-state index contributed by atoms with van der Waals surface area (Å²) in [6, 6.07) is 5.06. The van der Waals surface area contributed by atoms with E-state index in [9.17, 15) is 18.0 Å². The molecule has 1 aromatic carbocycles. The van der Waals surface area contributed by atoms with Gasteiger partial charge >= 0.3 is 12.3 Å². The summed E-state index contributed by atoms with van der Waals surface area (Å²) in [6.45, 7) is 0. The molecule has 2 rings (SSSR count). The summed E-state index contributed by atoms with van der Waals surface area (Å²) in [5.41, 5.74) is 0.499. The Labute approximate surface area is 120 Å². The highest BCUT2D eigenvalue weighted by Crippen LogP contribution is 2.25. The van der Waals surface area contributed by atoms with Crippen molar-refractivity contribution in [2.24, 2.45) is 0 Å². The summed E-state index contributed by atoms with van der Waals surface area (Å²) < 4.78 is 39.8. The van der Waals surface area contributed by atoms with Crippen molar-refractivity contribution in [2.45, 2.75) is 11.5 Å². The number of alkyl halides is 3. The van der Waals surface area contributed by atoms with Gasteiger partial charge in [-0.05, 0) is 24.3 Å². The zero-order valence-electron chi connectivity index (χ0n) is 10.2. The number of rotatable bonds is 5. The van der Waals surface area contributed by atoms with Gasteiger partial charge < -0.3 is 9.84 Å². The number of thioether (sulfide) groups is 1. The Kier molecular flexibility index (Phi) is 4.36. The van der Waals surface area contributed by atoms with Crippen LogP contribution < -0.4 is 4.74 Å². The fourth-order valence-electron chi connectivity index (χ4n) is 1.38. The summed E-state index contributed by atoms with van der Waals surface area (Å²) in [6.07, 6.45) is -4.74. The first-order chi connectivity index (χ1) is 9.83. The predicted molar refractivity (Wildman–Crippen MR) is 66.9 cm³/mol. The number of aromatic nitrogens is 3. The van der Waals surface area contributed by atoms with Gasteiger partial charge in [0.05, 0.1) is 5.75 Å². The second kappa shape index (κ2) is 6.04. The van der Waals surface area contributed by atoms with E-state index in [1.807, 2.05) is 0 Å². The molecule has 0 atom stereocenters. The van der Waals surface area contributed by atoms with E-state index < -0.39 is 12.3 Å². The molecule has 6 nitrogen and oxygen atoms in total. The Morgan fingerprint density at radius 2 is 2.00 bits per heavy atom. The number of halogens is 3. The maximum absolute atomic E-state index is 12.0. The van der Waals surface area contributed by atoms with Gasteiger partial charge in [-0.25, -0.2) is 4.98 Å². The van der Waals surface area contributed by atoms with Gasteiger partial charge in [0, 0.05) is 5.56 Å². The molecule has 1 heterocycles. The quantitative estimate of drug-likeness (QED) is 0.824. The number of aliphatic carboxylic acids is 1. The van der Waals surface area contributed by atoms with Crippen molar-refractivity contribution >= 4 is 17.7 Å². The van der Waals surface area contributed by atoms with E-state index in [-0.39, 0.29) is 16.7 Å². The minimum absolute atomic E-state index is 0.185. The van der Waals surface area contributed by atoms with E-state index in [0.717, 1.165) is 23.9 Å². The molecule has 0 unspecified atom stereocenters. The number of carboxylic acids is 1. The highest BCUT2D eigenvalue weighted by molar-refractivity contribution is 7.99. The van der Waals surface area contributed by atoms with Crippen molar-refractivity contribution in [1.82, 2.24) is 15.2 Å². The van der Waals surface area contributed by atoms with E-state index in [1.54, 1.807) is 0 Å². The molecule has 0 bridgehead atoms. The zero-order chi connectivity index (χ0) is 15.5. The number of nitrogens with one attached hydrogen (secondary N) is 1. The molecule has 0 fully saturated rings. The monoisotopic (exact) mass is 319 g/mol. The SMILES string of the molecule is O=C(O)CSc1n[nH]c(-c2ccc(OC(F)(F)F)cc2)n1. The summed E-state index contributed by atoms with van der Waals surface area (Å²) in [4.78, 5) is 14.4. The lowest BCUT2D eigenvalue weighted by Crippen LogP contribution is -2.16. The minimum Gasteiger partial charge on any atom is -0.481 e. The fraction of sp³-hybridized carbons (Fsp3) is 0.182. The molecule has 0 aliphatic rings. The first kappa shape index (κ1) is 15.2. The Hall–Kier alpha value is -2.23. The molecule has 2 aromatic rings. The standard InChI is InChI=1S/C11H8F3N3O3S/c12-11(13,14)20-7-3-1-6(2-4-7)9-15-10(17-16-9)21-5-8(18)19/h1-4H,5H2,(H,18,19)(H,15,16,17). The summed E-state index contributed by atoms with van der Waals surface area (Å²) in [5, 5.41) is 15.1. The van der Waals surface area contributed by atoms with Gasteiger partial charge in [-0.2, -0.15) is 0 Å². The molecule has 0 saturated heterocycles. The minimum atomic E-state index is -4.74. The molecule has 10 heteroatoms. The van der Waals surface area contributed by atoms with Crippen molar-refractivity contribution in [3.05, 3.63) is 24.3 Å². The van der Waals surface area contributed by atoms with Crippen LogP contribution in [0.25, 0.3) is 11.4 Å². The van der Waals surface area contributed by atoms with Gasteiger partial charge in [0.25, 0.3) is 0 Å². The third-order valence-electron chi connectivity index (χ3n) is 2.15. The number of ether oxygens (including phenoxy) is 1. The lowest BCUT2D eigenvalue weighted by atomic mass is 10.2. The third kappa shape index (κ3) is 4.67. The van der Waals surface area contributed by atoms with Crippen molar-refractivity contribution in [3.8, 4) is 17.1 Å². The van der Waals surface area contributed by atoms with E-state index >= 15 is 0 Å². The van der Waals surface area contributed by atoms with Crippen LogP contribution in [0.2, 0.25) is 0 Å². The number of carbonyl (C=O) groups is 1. The first-order valence-electron chi connectivity index (χ1n) is 5.47. The topological polar surface area (TPSA) is 88.1 Å². The molecule has 2 N–H and O–H groups in total. The van der Waals surface area contributed by atoms with Gasteiger partial charge in [-0.15, -0.1) is 18.3 Å². The zero-order valence-corrected chi connectivity index (χ0v) is 11.0. The van der Waals surface area contributed by atoms with Gasteiger partial charge in [-0.3, -0.25) is 9.89 Å². The molecule has 0 saturated carbocycles. The van der Waals surface area contributed by atoms with E-state index in [2.05, 4.69) is 19.9 Å². The van der Waals surface area contributed by atoms with Crippen LogP contribution in [0.1, 0.15) is 0 Å². The van der Waals surface area contributed by atoms with E-state index in [1.165, 1.54) is 12.1 Å². The summed E-state index contributed by atoms with van der Waals surface area (Å²) in [5.74, 6) is -1.21. The maximum Gasteiger partial charge on any atom is 0.573 e. The van der Waals surface area contributed by atoms with E-state index in [4.69, 9.17) is 5.11 Å². The largest absolute Gasteiger partial charge is 0.573 e. The van der Waals surface area contributed by atoms with Gasteiger partial charge in [0.15, 0.2) is 5.82 Å². The Balaban J connectivity index is 2.07. The Bertz CT molecular complexity index is 628. The average molecular weight is 319 g/mol. The molecule has 0 aliphatic carbocycles. The smallest absolute Gasteiger partial charge is 0.481 e. The lowest BCUT2D eigenvalue weighted by Gasteiger charge is -2.08. The Morgan fingerprint density at radius 3 is 2.57 bits per heavy atom. The van der Waals surface area contributed by atoms with Crippen LogP contribution in [0.5, 0.6) is 5.75 Å². The highest BCUT2D eigenvalue weighted by Gasteiger charge is 2.30. The lowest BCUT2D eigenvalue weighted by molar-refractivity contribution is -0.274. The van der Waals surface area contributed by atoms with Crippen molar-refractivity contribution < 1.29 is 27.8 Å². The molecule has 0 spiro atoms. The number of nitrogens with zero attached hydrogens (tertiary/aromatic N) is 2. The summed E-state index contributed by atoms with van der Waals surface area (Å²) in [7, 11) is 0. The fourth-order valence-corrected chi connectivity index (χ4v) is 1.90. The molecule has 0 amide bonds.